The molecule has 204 valence electrons. The molecule has 0 bridgehead atoms. The number of carbonyl (C=O) groups is 2. The first-order valence-corrected chi connectivity index (χ1v) is 13.9. The second kappa shape index (κ2) is 11.5. The van der Waals surface area contributed by atoms with E-state index in [-0.39, 0.29) is 0 Å². The van der Waals surface area contributed by atoms with Crippen molar-refractivity contribution in [2.45, 2.75) is 26.7 Å². The van der Waals surface area contributed by atoms with Gasteiger partial charge >= 0.3 is 0 Å². The predicted octanol–water partition coefficient (Wildman–Crippen LogP) is 5.85. The molecule has 40 heavy (non-hydrogen) atoms. The van der Waals surface area contributed by atoms with E-state index in [0.717, 1.165) is 28.2 Å². The fourth-order valence-corrected chi connectivity index (χ4v) is 5.35. The van der Waals surface area contributed by atoms with Gasteiger partial charge in [-0.25, -0.2) is 4.39 Å². The highest BCUT2D eigenvalue weighted by Crippen LogP contribution is 2.49. The smallest absolute Gasteiger partial charge is 0.247 e. The average molecular weight is 557 g/mol. The number of halogens is 1. The van der Waals surface area contributed by atoms with Crippen LogP contribution in [0.5, 0.6) is 11.5 Å². The molecule has 0 atom stereocenters. The molecule has 2 heterocycles. The fraction of sp³-hybridized carbons (Fsp3) is 0.258. The van der Waals surface area contributed by atoms with Crippen LogP contribution in [-0.2, 0) is 9.59 Å². The normalized spacial score (nSPS) is 13.5. The first-order chi connectivity index (χ1) is 19.3. The first kappa shape index (κ1) is 27.3. The quantitative estimate of drug-likeness (QED) is 0.206. The van der Waals surface area contributed by atoms with Gasteiger partial charge in [-0.3, -0.25) is 24.4 Å². The van der Waals surface area contributed by atoms with E-state index in [1.165, 1.54) is 40.5 Å². The number of fused-ring (bicyclic) bond motifs is 1. The van der Waals surface area contributed by atoms with Crippen molar-refractivity contribution in [3.8, 4) is 23.3 Å². The summed E-state index contributed by atoms with van der Waals surface area (Å²) in [6, 6.07) is 16.3. The van der Waals surface area contributed by atoms with Crippen LogP contribution >= 0.6 is 11.3 Å². The summed E-state index contributed by atoms with van der Waals surface area (Å²) in [7, 11) is 0. The van der Waals surface area contributed by atoms with Gasteiger partial charge in [0.25, 0.3) is 0 Å². The number of hydrogen-bond acceptors (Lipinski definition) is 6. The lowest BCUT2D eigenvalue weighted by Crippen LogP contribution is -2.41. The molecular weight excluding hydrogens is 527 g/mol. The maximum absolute atomic E-state index is 13.6. The van der Waals surface area contributed by atoms with E-state index in [1.807, 2.05) is 6.07 Å². The number of thiophene rings is 1. The van der Waals surface area contributed by atoms with Crippen LogP contribution < -0.4 is 15.4 Å². The molecule has 0 spiro atoms. The number of nitrogens with two attached hydrogens (primary N) is 1. The topological polar surface area (TPSA) is 88.8 Å². The Labute approximate surface area is 236 Å². The molecule has 0 unspecified atom stereocenters. The number of primary amides is 1. The number of hydrogen-bond donors (Lipinski definition) is 1. The lowest BCUT2D eigenvalue weighted by molar-refractivity contribution is -0.133. The summed E-state index contributed by atoms with van der Waals surface area (Å²) >= 11 is 1.53. The number of anilines is 2. The molecule has 7 nitrogen and oxygen atoms in total. The molecule has 2 amide bonds. The largest absolute Gasteiger partial charge is 0.456 e. The van der Waals surface area contributed by atoms with Gasteiger partial charge in [-0.2, -0.15) is 0 Å². The van der Waals surface area contributed by atoms with Crippen LogP contribution in [0.2, 0.25) is 0 Å². The van der Waals surface area contributed by atoms with Crippen molar-refractivity contribution in [3.63, 3.8) is 0 Å². The van der Waals surface area contributed by atoms with Crippen molar-refractivity contribution in [2.75, 3.05) is 24.5 Å². The summed E-state index contributed by atoms with van der Waals surface area (Å²) in [5.74, 6) is 6.17. The van der Waals surface area contributed by atoms with Gasteiger partial charge in [-0.15, -0.1) is 11.3 Å². The minimum Gasteiger partial charge on any atom is -0.456 e. The maximum Gasteiger partial charge on any atom is 0.247 e. The molecule has 0 aliphatic heterocycles. The number of nitrogens with zero attached hydrogens (tertiary/aromatic N) is 3. The van der Waals surface area contributed by atoms with E-state index in [1.54, 1.807) is 36.5 Å². The highest BCUT2D eigenvalue weighted by molar-refractivity contribution is 7.19. The van der Waals surface area contributed by atoms with Crippen LogP contribution in [0, 0.1) is 23.1 Å². The Morgan fingerprint density at radius 1 is 1.05 bits per heavy atom. The van der Waals surface area contributed by atoms with E-state index in [4.69, 9.17) is 10.5 Å². The number of amides is 2. The summed E-state index contributed by atoms with van der Waals surface area (Å²) in [5.41, 5.74) is 6.10. The lowest BCUT2D eigenvalue weighted by atomic mass is 10.0. The zero-order valence-electron chi connectivity index (χ0n) is 22.3. The summed E-state index contributed by atoms with van der Waals surface area (Å²) in [6.45, 7) is 6.86. The maximum atomic E-state index is 13.6. The standard InChI is InChI=1S/C31H29FN4O3S/c1-3-35(4-2)19-5-6-25-20-26-28(40-25)27(15-18-34-26)39-24-13-11-23(12-14-24)36(22-9-7-21(32)8-10-22)30(38)31(16-17-31)29(33)37/h7-15,18,20H,3-4,16-17,19H2,1-2H3,(H2,33,37). The van der Waals surface area contributed by atoms with Crippen molar-refractivity contribution in [1.29, 1.82) is 0 Å². The van der Waals surface area contributed by atoms with Crippen LogP contribution in [0.4, 0.5) is 15.8 Å². The summed E-state index contributed by atoms with van der Waals surface area (Å²) < 4.78 is 20.7. The molecule has 1 saturated carbocycles. The summed E-state index contributed by atoms with van der Waals surface area (Å²) in [4.78, 5) is 34.7. The highest BCUT2D eigenvalue weighted by Gasteiger charge is 2.57. The molecule has 0 radical (unpaired) electrons. The SMILES string of the molecule is CCN(CC)CC#Cc1cc2nccc(Oc3ccc(N(C(=O)C4(C(N)=O)CC4)c4ccc(F)cc4)cc3)c2s1. The average Bonchev–Trinajstić information content (AvgIpc) is 3.67. The molecular formula is C31H29FN4O3S. The van der Waals surface area contributed by atoms with E-state index in [0.29, 0.717) is 42.3 Å². The Morgan fingerprint density at radius 2 is 1.70 bits per heavy atom. The summed E-state index contributed by atoms with van der Waals surface area (Å²) in [5, 5.41) is 0. The number of pyridine rings is 1. The van der Waals surface area contributed by atoms with Crippen LogP contribution in [-0.4, -0.2) is 41.3 Å². The van der Waals surface area contributed by atoms with E-state index >= 15 is 0 Å². The Kier molecular flexibility index (Phi) is 7.83. The van der Waals surface area contributed by atoms with E-state index < -0.39 is 23.0 Å². The third-order valence-corrected chi connectivity index (χ3v) is 8.08. The van der Waals surface area contributed by atoms with Gasteiger partial charge in [0.1, 0.15) is 22.7 Å². The lowest BCUT2D eigenvalue weighted by Gasteiger charge is -2.26. The number of benzene rings is 2. The van der Waals surface area contributed by atoms with E-state index in [2.05, 4.69) is 35.6 Å². The van der Waals surface area contributed by atoms with Crippen molar-refractivity contribution >= 4 is 44.7 Å². The Morgan fingerprint density at radius 3 is 2.30 bits per heavy atom. The number of rotatable bonds is 9. The zero-order chi connectivity index (χ0) is 28.3. The van der Waals surface area contributed by atoms with Crippen LogP contribution in [0.25, 0.3) is 10.2 Å². The van der Waals surface area contributed by atoms with Crippen molar-refractivity contribution in [3.05, 3.63) is 77.6 Å². The van der Waals surface area contributed by atoms with Gasteiger partial charge < -0.3 is 10.5 Å². The monoisotopic (exact) mass is 556 g/mol. The van der Waals surface area contributed by atoms with Crippen LogP contribution in [0.3, 0.4) is 0 Å². The van der Waals surface area contributed by atoms with Crippen molar-refractivity contribution in [1.82, 2.24) is 9.88 Å². The van der Waals surface area contributed by atoms with Crippen LogP contribution in [0.15, 0.2) is 66.9 Å². The number of aromatic nitrogens is 1. The third-order valence-electron chi connectivity index (χ3n) is 7.03. The minimum absolute atomic E-state index is 0.390. The second-order valence-electron chi connectivity index (χ2n) is 9.56. The Balaban J connectivity index is 1.40. The fourth-order valence-electron chi connectivity index (χ4n) is 4.41. The number of ether oxygens (including phenoxy) is 1. The minimum atomic E-state index is -1.24. The van der Waals surface area contributed by atoms with Crippen molar-refractivity contribution < 1.29 is 18.7 Å². The molecule has 2 aromatic heterocycles. The first-order valence-electron chi connectivity index (χ1n) is 13.1. The number of carbonyl (C=O) groups excluding carboxylic acids is 2. The molecule has 0 saturated heterocycles. The zero-order valence-corrected chi connectivity index (χ0v) is 23.1. The predicted molar refractivity (Wildman–Crippen MR) is 155 cm³/mol. The molecule has 2 aromatic carbocycles. The molecule has 9 heteroatoms. The molecule has 1 aliphatic rings. The summed E-state index contributed by atoms with van der Waals surface area (Å²) in [6.07, 6.45) is 2.47. The van der Waals surface area contributed by atoms with E-state index in [9.17, 15) is 14.0 Å². The Bertz CT molecular complexity index is 1600. The van der Waals surface area contributed by atoms with Crippen LogP contribution in [0.1, 0.15) is 31.6 Å². The van der Waals surface area contributed by atoms with Gasteiger partial charge in [0.05, 0.1) is 21.6 Å². The molecule has 1 fully saturated rings. The molecule has 1 aliphatic carbocycles. The second-order valence-corrected chi connectivity index (χ2v) is 10.6. The third kappa shape index (κ3) is 5.55. The highest BCUT2D eigenvalue weighted by atomic mass is 32.1. The molecule has 4 aromatic rings. The van der Waals surface area contributed by atoms with Gasteiger partial charge in [-0.05, 0) is 80.5 Å². The van der Waals surface area contributed by atoms with Gasteiger partial charge in [-0.1, -0.05) is 25.7 Å². The van der Waals surface area contributed by atoms with Crippen molar-refractivity contribution in [2.24, 2.45) is 11.1 Å². The van der Waals surface area contributed by atoms with Gasteiger partial charge in [0.15, 0.2) is 0 Å². The van der Waals surface area contributed by atoms with Gasteiger partial charge in [0.2, 0.25) is 11.8 Å². The molecule has 5 rings (SSSR count). The molecule has 2 N–H and O–H groups in total. The van der Waals surface area contributed by atoms with Gasteiger partial charge in [0, 0.05) is 23.6 Å². The Hall–Kier alpha value is -4.26.